The number of fused-ring (bicyclic) bond motifs is 1. The lowest BCUT2D eigenvalue weighted by Crippen LogP contribution is -2.23. The van der Waals surface area contributed by atoms with Gasteiger partial charge in [-0.05, 0) is 42.0 Å². The van der Waals surface area contributed by atoms with Crippen LogP contribution in [0.25, 0.3) is 11.1 Å². The molecule has 1 aliphatic heterocycles. The van der Waals surface area contributed by atoms with Crippen molar-refractivity contribution in [1.29, 1.82) is 0 Å². The van der Waals surface area contributed by atoms with Crippen LogP contribution in [0, 0.1) is 0 Å². The molecule has 0 fully saturated rings. The van der Waals surface area contributed by atoms with Crippen molar-refractivity contribution in [2.24, 2.45) is 0 Å². The Kier molecular flexibility index (Phi) is 5.24. The Morgan fingerprint density at radius 2 is 1.70 bits per heavy atom. The third-order valence-electron chi connectivity index (χ3n) is 4.66. The van der Waals surface area contributed by atoms with Gasteiger partial charge in [0.25, 0.3) is 5.91 Å². The molecule has 0 radical (unpaired) electrons. The first-order valence-electron chi connectivity index (χ1n) is 9.22. The van der Waals surface area contributed by atoms with E-state index >= 15 is 0 Å². The van der Waals surface area contributed by atoms with E-state index in [4.69, 9.17) is 11.6 Å². The lowest BCUT2D eigenvalue weighted by Gasteiger charge is -2.10. The SMILES string of the molecule is CC(=O)Nc1ccc(NC(=O)CC2C(=O)Nc3c(-c4ccc(Cl)cc4)cnn32)cc1. The van der Waals surface area contributed by atoms with Crippen molar-refractivity contribution in [1.82, 2.24) is 9.78 Å². The Hall–Kier alpha value is -3.65. The van der Waals surface area contributed by atoms with E-state index in [-0.39, 0.29) is 24.1 Å². The second-order valence-electron chi connectivity index (χ2n) is 6.87. The number of nitrogens with one attached hydrogen (secondary N) is 3. The predicted molar refractivity (Wildman–Crippen MR) is 114 cm³/mol. The number of carbonyl (C=O) groups is 3. The highest BCUT2D eigenvalue weighted by Crippen LogP contribution is 2.36. The van der Waals surface area contributed by atoms with Gasteiger partial charge >= 0.3 is 0 Å². The number of hydrogen-bond donors (Lipinski definition) is 3. The van der Waals surface area contributed by atoms with Gasteiger partial charge in [-0.2, -0.15) is 5.10 Å². The average molecular weight is 424 g/mol. The zero-order chi connectivity index (χ0) is 21.3. The molecular formula is C21H18ClN5O3. The molecule has 1 unspecified atom stereocenters. The van der Waals surface area contributed by atoms with E-state index in [1.54, 1.807) is 42.6 Å². The Balaban J connectivity index is 1.46. The van der Waals surface area contributed by atoms with E-state index in [0.29, 0.717) is 22.2 Å². The number of rotatable bonds is 5. The molecule has 0 spiro atoms. The minimum Gasteiger partial charge on any atom is -0.326 e. The number of amides is 3. The second-order valence-corrected chi connectivity index (χ2v) is 7.31. The minimum atomic E-state index is -0.736. The van der Waals surface area contributed by atoms with Crippen LogP contribution >= 0.6 is 11.6 Å². The van der Waals surface area contributed by atoms with Gasteiger partial charge in [0.1, 0.15) is 11.9 Å². The first-order valence-corrected chi connectivity index (χ1v) is 9.60. The monoisotopic (exact) mass is 423 g/mol. The summed E-state index contributed by atoms with van der Waals surface area (Å²) < 4.78 is 1.53. The highest BCUT2D eigenvalue weighted by molar-refractivity contribution is 6.30. The van der Waals surface area contributed by atoms with Crippen molar-refractivity contribution in [3.05, 3.63) is 59.8 Å². The fraction of sp³-hybridized carbons (Fsp3) is 0.143. The quantitative estimate of drug-likeness (QED) is 0.582. The molecule has 3 N–H and O–H groups in total. The topological polar surface area (TPSA) is 105 Å². The maximum atomic E-state index is 12.5. The van der Waals surface area contributed by atoms with Gasteiger partial charge in [-0.25, -0.2) is 4.68 Å². The second kappa shape index (κ2) is 8.00. The molecule has 0 saturated carbocycles. The molecule has 4 rings (SSSR count). The van der Waals surface area contributed by atoms with Gasteiger partial charge in [0.15, 0.2) is 0 Å². The fourth-order valence-corrected chi connectivity index (χ4v) is 3.41. The van der Waals surface area contributed by atoms with Gasteiger partial charge < -0.3 is 16.0 Å². The normalized spacial score (nSPS) is 14.7. The van der Waals surface area contributed by atoms with Crippen LogP contribution in [0.1, 0.15) is 19.4 Å². The van der Waals surface area contributed by atoms with E-state index in [9.17, 15) is 14.4 Å². The van der Waals surface area contributed by atoms with Crippen LogP contribution < -0.4 is 16.0 Å². The molecule has 3 aromatic rings. The van der Waals surface area contributed by atoms with Crippen molar-refractivity contribution in [2.45, 2.75) is 19.4 Å². The average Bonchev–Trinajstić information content (AvgIpc) is 3.23. The lowest BCUT2D eigenvalue weighted by molar-refractivity contribution is -0.123. The number of halogens is 1. The zero-order valence-electron chi connectivity index (χ0n) is 16.0. The summed E-state index contributed by atoms with van der Waals surface area (Å²) in [6.45, 7) is 1.42. The summed E-state index contributed by atoms with van der Waals surface area (Å²) in [6.07, 6.45) is 1.59. The van der Waals surface area contributed by atoms with Crippen LogP contribution in [0.2, 0.25) is 5.02 Å². The van der Waals surface area contributed by atoms with E-state index < -0.39 is 6.04 Å². The highest BCUT2D eigenvalue weighted by atomic mass is 35.5. The van der Waals surface area contributed by atoms with Gasteiger partial charge in [0.2, 0.25) is 11.8 Å². The third kappa shape index (κ3) is 4.04. The smallest absolute Gasteiger partial charge is 0.251 e. The zero-order valence-corrected chi connectivity index (χ0v) is 16.7. The molecule has 2 heterocycles. The van der Waals surface area contributed by atoms with Crippen LogP contribution in [-0.2, 0) is 14.4 Å². The minimum absolute atomic E-state index is 0.0615. The van der Waals surface area contributed by atoms with E-state index in [0.717, 1.165) is 11.1 Å². The van der Waals surface area contributed by atoms with Crippen molar-refractivity contribution < 1.29 is 14.4 Å². The molecular weight excluding hydrogens is 406 g/mol. The number of hydrogen-bond acceptors (Lipinski definition) is 4. The van der Waals surface area contributed by atoms with E-state index in [1.807, 2.05) is 12.1 Å². The molecule has 9 heteroatoms. The third-order valence-corrected chi connectivity index (χ3v) is 4.91. The molecule has 0 bridgehead atoms. The maximum Gasteiger partial charge on any atom is 0.251 e. The Labute approximate surface area is 177 Å². The van der Waals surface area contributed by atoms with Gasteiger partial charge in [0.05, 0.1) is 12.6 Å². The Bertz CT molecular complexity index is 1120. The molecule has 0 aliphatic carbocycles. The van der Waals surface area contributed by atoms with Crippen molar-refractivity contribution in [3.63, 3.8) is 0 Å². The van der Waals surface area contributed by atoms with E-state index in [1.165, 1.54) is 11.6 Å². The molecule has 1 aliphatic rings. The summed E-state index contributed by atoms with van der Waals surface area (Å²) >= 11 is 5.94. The van der Waals surface area contributed by atoms with Crippen molar-refractivity contribution >= 4 is 46.5 Å². The first-order chi connectivity index (χ1) is 14.4. The maximum absolute atomic E-state index is 12.5. The number of carbonyl (C=O) groups excluding carboxylic acids is 3. The summed E-state index contributed by atoms with van der Waals surface area (Å²) in [5.74, 6) is -0.227. The van der Waals surface area contributed by atoms with Crippen LogP contribution in [0.5, 0.6) is 0 Å². The van der Waals surface area contributed by atoms with Gasteiger partial charge in [-0.1, -0.05) is 23.7 Å². The first kappa shape index (κ1) is 19.7. The van der Waals surface area contributed by atoms with Gasteiger partial charge in [-0.3, -0.25) is 14.4 Å². The number of nitrogens with zero attached hydrogens (tertiary/aromatic N) is 2. The van der Waals surface area contributed by atoms with E-state index in [2.05, 4.69) is 21.0 Å². The summed E-state index contributed by atoms with van der Waals surface area (Å²) in [6, 6.07) is 13.2. The predicted octanol–water partition coefficient (Wildman–Crippen LogP) is 3.68. The molecule has 152 valence electrons. The van der Waals surface area contributed by atoms with Crippen LogP contribution in [0.3, 0.4) is 0 Å². The number of aromatic nitrogens is 2. The Morgan fingerprint density at radius 3 is 2.33 bits per heavy atom. The standard InChI is InChI=1S/C21H18ClN5O3/c1-12(28)24-15-6-8-16(9-7-15)25-19(29)10-18-21(30)26-20-17(11-23-27(18)20)13-2-4-14(22)5-3-13/h2-9,11,18H,10H2,1H3,(H,24,28)(H,25,29)(H,26,30). The summed E-state index contributed by atoms with van der Waals surface area (Å²) in [7, 11) is 0. The van der Waals surface area contributed by atoms with Gasteiger partial charge in [-0.15, -0.1) is 0 Å². The summed E-state index contributed by atoms with van der Waals surface area (Å²) in [5.41, 5.74) is 2.82. The molecule has 3 amide bonds. The molecule has 30 heavy (non-hydrogen) atoms. The lowest BCUT2D eigenvalue weighted by atomic mass is 10.1. The number of anilines is 3. The van der Waals surface area contributed by atoms with Crippen molar-refractivity contribution in [3.8, 4) is 11.1 Å². The summed E-state index contributed by atoms with van der Waals surface area (Å²) in [4.78, 5) is 36.0. The molecule has 8 nitrogen and oxygen atoms in total. The highest BCUT2D eigenvalue weighted by Gasteiger charge is 2.35. The molecule has 2 aromatic carbocycles. The fourth-order valence-electron chi connectivity index (χ4n) is 3.28. The van der Waals surface area contributed by atoms with Crippen LogP contribution in [0.15, 0.2) is 54.7 Å². The largest absolute Gasteiger partial charge is 0.326 e. The van der Waals surface area contributed by atoms with Crippen LogP contribution in [-0.4, -0.2) is 27.5 Å². The Morgan fingerprint density at radius 1 is 1.07 bits per heavy atom. The van der Waals surface area contributed by atoms with Crippen LogP contribution in [0.4, 0.5) is 17.2 Å². The molecule has 1 aromatic heterocycles. The summed E-state index contributed by atoms with van der Waals surface area (Å²) in [5, 5.41) is 13.2. The molecule has 0 saturated heterocycles. The van der Waals surface area contributed by atoms with Crippen molar-refractivity contribution in [2.75, 3.05) is 16.0 Å². The number of benzene rings is 2. The molecule has 1 atom stereocenters. The van der Waals surface area contributed by atoms with Gasteiger partial charge in [0, 0.05) is 28.9 Å².